The van der Waals surface area contributed by atoms with E-state index in [1.165, 1.54) is 4.31 Å². The monoisotopic (exact) mass is 695 g/mol. The van der Waals surface area contributed by atoms with E-state index in [1.54, 1.807) is 49.4 Å². The van der Waals surface area contributed by atoms with Crippen LogP contribution in [0.15, 0.2) is 115 Å². The summed E-state index contributed by atoms with van der Waals surface area (Å²) in [6.45, 7) is 2.88. The Morgan fingerprint density at radius 2 is 1.51 bits per heavy atom. The van der Waals surface area contributed by atoms with Gasteiger partial charge in [-0.05, 0) is 79.2 Å². The Morgan fingerprint density at radius 3 is 2.20 bits per heavy atom. The molecule has 0 aliphatic heterocycles. The van der Waals surface area contributed by atoms with Crippen molar-refractivity contribution in [2.24, 2.45) is 0 Å². The van der Waals surface area contributed by atoms with Gasteiger partial charge < -0.3 is 15.1 Å². The minimum absolute atomic E-state index is 0.121. The van der Waals surface area contributed by atoms with Gasteiger partial charge in [0.2, 0.25) is 0 Å². The number of nitrogens with zero attached hydrogens (tertiary/aromatic N) is 1. The molecular formula is C31H27Br2N3O4S. The Balaban J connectivity index is 1.42. The fourth-order valence-corrected chi connectivity index (χ4v) is 6.38. The van der Waals surface area contributed by atoms with Gasteiger partial charge in [-0.15, -0.1) is 0 Å². The van der Waals surface area contributed by atoms with Gasteiger partial charge in [0.05, 0.1) is 17.1 Å². The van der Waals surface area contributed by atoms with Crippen LogP contribution in [-0.2, 0) is 16.6 Å². The maximum absolute atomic E-state index is 13.9. The molecule has 1 heterocycles. The van der Waals surface area contributed by atoms with Crippen molar-refractivity contribution in [3.63, 3.8) is 0 Å². The highest BCUT2D eigenvalue weighted by atomic mass is 79.9. The van der Waals surface area contributed by atoms with Crippen molar-refractivity contribution < 1.29 is 17.6 Å². The van der Waals surface area contributed by atoms with Crippen LogP contribution in [0, 0.1) is 6.92 Å². The summed E-state index contributed by atoms with van der Waals surface area (Å²) in [6.07, 6.45) is 0. The van der Waals surface area contributed by atoms with E-state index in [0.717, 1.165) is 20.2 Å². The number of aryl methyl sites for hydroxylation is 1. The van der Waals surface area contributed by atoms with Gasteiger partial charge >= 0.3 is 0 Å². The highest BCUT2D eigenvalue weighted by molar-refractivity contribution is 9.10. The Bertz CT molecular complexity index is 1770. The molecule has 1 amide bonds. The summed E-state index contributed by atoms with van der Waals surface area (Å²) in [7, 11) is -3.92. The molecule has 4 aromatic carbocycles. The van der Waals surface area contributed by atoms with Gasteiger partial charge in [-0.25, -0.2) is 8.42 Å². The third-order valence-electron chi connectivity index (χ3n) is 6.57. The van der Waals surface area contributed by atoms with Crippen molar-refractivity contribution in [1.82, 2.24) is 5.32 Å². The average molecular weight is 697 g/mol. The summed E-state index contributed by atoms with van der Waals surface area (Å²) in [5.74, 6) is -0.128. The van der Waals surface area contributed by atoms with Crippen molar-refractivity contribution in [3.8, 4) is 0 Å². The van der Waals surface area contributed by atoms with Gasteiger partial charge in [-0.2, -0.15) is 0 Å². The van der Waals surface area contributed by atoms with E-state index in [1.807, 2.05) is 54.6 Å². The maximum Gasteiger partial charge on any atom is 0.287 e. The number of hydrogen-bond donors (Lipinski definition) is 2. The minimum Gasteiger partial charge on any atom is -0.451 e. The molecule has 0 saturated carbocycles. The van der Waals surface area contributed by atoms with E-state index in [4.69, 9.17) is 4.42 Å². The molecule has 210 valence electrons. The van der Waals surface area contributed by atoms with Crippen molar-refractivity contribution >= 4 is 70.1 Å². The second kappa shape index (κ2) is 12.5. The molecule has 0 spiro atoms. The van der Waals surface area contributed by atoms with Crippen molar-refractivity contribution in [3.05, 3.63) is 123 Å². The number of anilines is 2. The first-order chi connectivity index (χ1) is 19.7. The van der Waals surface area contributed by atoms with Crippen LogP contribution < -0.4 is 14.9 Å². The molecule has 0 atom stereocenters. The molecule has 1 aromatic heterocycles. The van der Waals surface area contributed by atoms with E-state index in [9.17, 15) is 13.2 Å². The van der Waals surface area contributed by atoms with E-state index in [-0.39, 0.29) is 23.1 Å². The second-order valence-corrected chi connectivity index (χ2v) is 13.1. The molecule has 41 heavy (non-hydrogen) atoms. The molecule has 0 aliphatic rings. The van der Waals surface area contributed by atoms with Gasteiger partial charge in [0.1, 0.15) is 5.58 Å². The lowest BCUT2D eigenvalue weighted by molar-refractivity contribution is 0.0929. The zero-order valence-electron chi connectivity index (χ0n) is 22.1. The number of carbonyl (C=O) groups excluding carboxylic acids is 1. The number of sulfonamides is 1. The van der Waals surface area contributed by atoms with Gasteiger partial charge in [0.15, 0.2) is 5.76 Å². The number of hydrogen-bond acceptors (Lipinski definition) is 5. The lowest BCUT2D eigenvalue weighted by Crippen LogP contribution is -2.30. The number of halogens is 2. The standard InChI is InChI=1S/C31H27Br2N3O4S/c1-21-28-19-26(13-16-29(28)40-30(21)31(37)35-18-17-34-25-5-3-2-4-6-25)36(20-22-7-9-23(32)10-8-22)41(38,39)27-14-11-24(33)12-15-27/h2-16,19,34H,17-18,20H2,1H3,(H,35,37). The van der Waals surface area contributed by atoms with Crippen LogP contribution in [-0.4, -0.2) is 27.4 Å². The summed E-state index contributed by atoms with van der Waals surface area (Å²) in [5.41, 5.74) is 3.40. The molecule has 5 aromatic rings. The van der Waals surface area contributed by atoms with Crippen molar-refractivity contribution in [2.75, 3.05) is 22.7 Å². The summed E-state index contributed by atoms with van der Waals surface area (Å²) >= 11 is 6.81. The van der Waals surface area contributed by atoms with Crippen LogP contribution in [0.5, 0.6) is 0 Å². The first-order valence-corrected chi connectivity index (χ1v) is 15.9. The third kappa shape index (κ3) is 6.66. The Labute approximate surface area is 255 Å². The number of rotatable bonds is 10. The van der Waals surface area contributed by atoms with Gasteiger partial charge in [0, 0.05) is 38.7 Å². The van der Waals surface area contributed by atoms with Crippen LogP contribution in [0.2, 0.25) is 0 Å². The van der Waals surface area contributed by atoms with Crippen LogP contribution in [0.3, 0.4) is 0 Å². The van der Waals surface area contributed by atoms with Crippen LogP contribution in [0.1, 0.15) is 21.7 Å². The summed E-state index contributed by atoms with van der Waals surface area (Å²) in [4.78, 5) is 13.1. The zero-order chi connectivity index (χ0) is 29.0. The molecule has 0 unspecified atom stereocenters. The first-order valence-electron chi connectivity index (χ1n) is 12.9. The Kier molecular flexibility index (Phi) is 8.82. The number of amides is 1. The normalized spacial score (nSPS) is 11.4. The van der Waals surface area contributed by atoms with Crippen molar-refractivity contribution in [1.29, 1.82) is 0 Å². The molecule has 0 aliphatic carbocycles. The largest absolute Gasteiger partial charge is 0.451 e. The topological polar surface area (TPSA) is 91.7 Å². The van der Waals surface area contributed by atoms with Gasteiger partial charge in [0.25, 0.3) is 15.9 Å². The summed E-state index contributed by atoms with van der Waals surface area (Å²) in [6, 6.07) is 29.0. The molecule has 0 bridgehead atoms. The molecule has 0 saturated heterocycles. The molecule has 5 rings (SSSR count). The van der Waals surface area contributed by atoms with Gasteiger partial charge in [-0.3, -0.25) is 9.10 Å². The van der Waals surface area contributed by atoms with Crippen LogP contribution in [0.25, 0.3) is 11.0 Å². The lowest BCUT2D eigenvalue weighted by Gasteiger charge is -2.25. The average Bonchev–Trinajstić information content (AvgIpc) is 3.31. The predicted octanol–water partition coefficient (Wildman–Crippen LogP) is 7.50. The fraction of sp³-hybridized carbons (Fsp3) is 0.129. The SMILES string of the molecule is Cc1c(C(=O)NCCNc2ccccc2)oc2ccc(N(Cc3ccc(Br)cc3)S(=O)(=O)c3ccc(Br)cc3)cc12. The highest BCUT2D eigenvalue weighted by Crippen LogP contribution is 2.33. The number of carbonyl (C=O) groups is 1. The summed E-state index contributed by atoms with van der Waals surface area (Å²) in [5, 5.41) is 6.81. The third-order valence-corrected chi connectivity index (χ3v) is 9.41. The van der Waals surface area contributed by atoms with Crippen LogP contribution in [0.4, 0.5) is 11.4 Å². The number of furan rings is 1. The highest BCUT2D eigenvalue weighted by Gasteiger charge is 2.27. The molecule has 7 nitrogen and oxygen atoms in total. The van der Waals surface area contributed by atoms with E-state index >= 15 is 0 Å². The van der Waals surface area contributed by atoms with Gasteiger partial charge in [-0.1, -0.05) is 62.2 Å². The molecule has 0 fully saturated rings. The molecular weight excluding hydrogens is 670 g/mol. The van der Waals surface area contributed by atoms with E-state index in [0.29, 0.717) is 35.3 Å². The summed E-state index contributed by atoms with van der Waals surface area (Å²) < 4.78 is 36.8. The number of nitrogens with one attached hydrogen (secondary N) is 2. The fourth-order valence-electron chi connectivity index (χ4n) is 4.40. The number of fused-ring (bicyclic) bond motifs is 1. The number of benzene rings is 4. The lowest BCUT2D eigenvalue weighted by atomic mass is 10.1. The Morgan fingerprint density at radius 1 is 0.854 bits per heavy atom. The van der Waals surface area contributed by atoms with E-state index in [2.05, 4.69) is 42.5 Å². The second-order valence-electron chi connectivity index (χ2n) is 9.38. The van der Waals surface area contributed by atoms with E-state index < -0.39 is 10.0 Å². The smallest absolute Gasteiger partial charge is 0.287 e. The first kappa shape index (κ1) is 28.9. The quantitative estimate of drug-likeness (QED) is 0.148. The minimum atomic E-state index is -3.92. The molecule has 2 N–H and O–H groups in total. The zero-order valence-corrected chi connectivity index (χ0v) is 26.1. The van der Waals surface area contributed by atoms with Crippen molar-refractivity contribution in [2.45, 2.75) is 18.4 Å². The maximum atomic E-state index is 13.9. The predicted molar refractivity (Wildman–Crippen MR) is 170 cm³/mol. The number of para-hydroxylation sites is 1. The van der Waals surface area contributed by atoms with Crippen LogP contribution >= 0.6 is 31.9 Å². The molecule has 10 heteroatoms. The Hall–Kier alpha value is -3.60. The molecule has 0 radical (unpaired) electrons.